The summed E-state index contributed by atoms with van der Waals surface area (Å²) in [6, 6.07) is 4.12. The molecule has 1 aliphatic heterocycles. The number of aromatic hydroxyl groups is 1. The number of halogens is 1. The van der Waals surface area contributed by atoms with E-state index < -0.39 is 0 Å². The zero-order chi connectivity index (χ0) is 13.0. The van der Waals surface area contributed by atoms with Gasteiger partial charge in [0.1, 0.15) is 11.6 Å². The summed E-state index contributed by atoms with van der Waals surface area (Å²) in [4.78, 5) is 2.26. The fourth-order valence-electron chi connectivity index (χ4n) is 2.42. The molecular weight excluding hydrogens is 231 g/mol. The molecule has 1 saturated heterocycles. The van der Waals surface area contributed by atoms with E-state index in [0.717, 1.165) is 26.2 Å². The van der Waals surface area contributed by atoms with Gasteiger partial charge in [0.2, 0.25) is 0 Å². The van der Waals surface area contributed by atoms with Gasteiger partial charge >= 0.3 is 0 Å². The Labute approximate surface area is 107 Å². The van der Waals surface area contributed by atoms with E-state index in [-0.39, 0.29) is 17.6 Å². The molecule has 1 atom stereocenters. The van der Waals surface area contributed by atoms with E-state index in [1.807, 2.05) is 6.08 Å². The Kier molecular flexibility index (Phi) is 4.33. The van der Waals surface area contributed by atoms with Crippen molar-refractivity contribution in [3.63, 3.8) is 0 Å². The summed E-state index contributed by atoms with van der Waals surface area (Å²) < 4.78 is 13.3. The molecule has 1 aromatic rings. The van der Waals surface area contributed by atoms with Crippen LogP contribution in [0.1, 0.15) is 18.0 Å². The minimum atomic E-state index is -0.313. The molecule has 0 radical (unpaired) electrons. The standard InChI is InChI=1S/C14H19FN2O/c1-2-3-13(17-8-6-16-7-9-17)12-10-11(15)4-5-14(12)18/h2,4-5,10,13,16,18H,1,3,6-9H2/t13-/m0/s1. The van der Waals surface area contributed by atoms with Crippen LogP contribution in [0, 0.1) is 5.82 Å². The number of hydrogen-bond donors (Lipinski definition) is 2. The smallest absolute Gasteiger partial charge is 0.123 e. The lowest BCUT2D eigenvalue weighted by Gasteiger charge is -2.35. The van der Waals surface area contributed by atoms with E-state index in [0.29, 0.717) is 12.0 Å². The van der Waals surface area contributed by atoms with Gasteiger partial charge in [-0.15, -0.1) is 6.58 Å². The van der Waals surface area contributed by atoms with Gasteiger partial charge in [0.15, 0.2) is 0 Å². The van der Waals surface area contributed by atoms with Crippen LogP contribution in [0.4, 0.5) is 4.39 Å². The maximum absolute atomic E-state index is 13.3. The predicted octanol–water partition coefficient (Wildman–Crippen LogP) is 2.05. The first kappa shape index (κ1) is 13.1. The SMILES string of the molecule is C=CC[C@@H](c1cc(F)ccc1O)N1CCNCC1. The molecule has 1 heterocycles. The first-order valence-electron chi connectivity index (χ1n) is 6.26. The first-order valence-corrected chi connectivity index (χ1v) is 6.26. The molecule has 3 nitrogen and oxygen atoms in total. The van der Waals surface area contributed by atoms with Gasteiger partial charge in [0.25, 0.3) is 0 Å². The molecular formula is C14H19FN2O. The zero-order valence-corrected chi connectivity index (χ0v) is 10.4. The highest BCUT2D eigenvalue weighted by molar-refractivity contribution is 5.35. The summed E-state index contributed by atoms with van der Waals surface area (Å²) in [5, 5.41) is 13.2. The molecule has 1 aliphatic rings. The minimum absolute atomic E-state index is 0.000278. The van der Waals surface area contributed by atoms with Crippen LogP contribution >= 0.6 is 0 Å². The summed E-state index contributed by atoms with van der Waals surface area (Å²) in [6.07, 6.45) is 2.52. The number of rotatable bonds is 4. The van der Waals surface area contributed by atoms with E-state index in [9.17, 15) is 9.50 Å². The van der Waals surface area contributed by atoms with E-state index >= 15 is 0 Å². The van der Waals surface area contributed by atoms with Crippen molar-refractivity contribution in [3.05, 3.63) is 42.2 Å². The molecule has 4 heteroatoms. The van der Waals surface area contributed by atoms with Gasteiger partial charge in [-0.1, -0.05) is 6.08 Å². The summed E-state index contributed by atoms with van der Waals surface area (Å²) in [5.41, 5.74) is 0.650. The van der Waals surface area contributed by atoms with Crippen LogP contribution < -0.4 is 5.32 Å². The number of hydrogen-bond acceptors (Lipinski definition) is 3. The van der Waals surface area contributed by atoms with Gasteiger partial charge in [0.05, 0.1) is 0 Å². The zero-order valence-electron chi connectivity index (χ0n) is 10.4. The van der Waals surface area contributed by atoms with Gasteiger partial charge in [-0.05, 0) is 24.6 Å². The van der Waals surface area contributed by atoms with Crippen LogP contribution in [0.25, 0.3) is 0 Å². The number of phenolic OH excluding ortho intramolecular Hbond substituents is 1. The fourth-order valence-corrected chi connectivity index (χ4v) is 2.42. The molecule has 0 amide bonds. The van der Waals surface area contributed by atoms with E-state index in [1.54, 1.807) is 0 Å². The molecule has 0 bridgehead atoms. The number of nitrogens with one attached hydrogen (secondary N) is 1. The van der Waals surface area contributed by atoms with Gasteiger partial charge in [0, 0.05) is 37.8 Å². The largest absolute Gasteiger partial charge is 0.508 e. The number of phenols is 1. The summed E-state index contributed by atoms with van der Waals surface area (Å²) in [6.45, 7) is 7.39. The highest BCUT2D eigenvalue weighted by Crippen LogP contribution is 2.32. The van der Waals surface area contributed by atoms with Crippen LogP contribution in [0.5, 0.6) is 5.75 Å². The van der Waals surface area contributed by atoms with Gasteiger partial charge in [-0.3, -0.25) is 4.90 Å². The number of benzene rings is 1. The molecule has 1 aromatic carbocycles. The lowest BCUT2D eigenvalue weighted by atomic mass is 10.00. The van der Waals surface area contributed by atoms with Gasteiger partial charge < -0.3 is 10.4 Å². The molecule has 0 unspecified atom stereocenters. The fraction of sp³-hybridized carbons (Fsp3) is 0.429. The third kappa shape index (κ3) is 2.89. The molecule has 98 valence electrons. The van der Waals surface area contributed by atoms with E-state index in [1.165, 1.54) is 18.2 Å². The highest BCUT2D eigenvalue weighted by atomic mass is 19.1. The van der Waals surface area contributed by atoms with E-state index in [2.05, 4.69) is 16.8 Å². The van der Waals surface area contributed by atoms with Crippen LogP contribution in [-0.2, 0) is 0 Å². The van der Waals surface area contributed by atoms with Crippen molar-refractivity contribution in [1.29, 1.82) is 0 Å². The van der Waals surface area contributed by atoms with Crippen molar-refractivity contribution in [3.8, 4) is 5.75 Å². The molecule has 2 N–H and O–H groups in total. The molecule has 2 rings (SSSR count). The third-order valence-electron chi connectivity index (χ3n) is 3.33. The van der Waals surface area contributed by atoms with Crippen molar-refractivity contribution in [2.45, 2.75) is 12.5 Å². The Hall–Kier alpha value is -1.39. The topological polar surface area (TPSA) is 35.5 Å². The Balaban J connectivity index is 2.27. The Morgan fingerprint density at radius 3 is 2.83 bits per heavy atom. The lowest BCUT2D eigenvalue weighted by Crippen LogP contribution is -2.45. The summed E-state index contributed by atoms with van der Waals surface area (Å²) in [5.74, 6) is -0.159. The molecule has 1 fully saturated rings. The van der Waals surface area contributed by atoms with Crippen LogP contribution in [0.3, 0.4) is 0 Å². The van der Waals surface area contributed by atoms with Crippen molar-refractivity contribution in [2.24, 2.45) is 0 Å². The average molecular weight is 250 g/mol. The second-order valence-electron chi connectivity index (χ2n) is 4.53. The van der Waals surface area contributed by atoms with Crippen molar-refractivity contribution < 1.29 is 9.50 Å². The molecule has 0 aliphatic carbocycles. The second kappa shape index (κ2) is 5.98. The van der Waals surface area contributed by atoms with E-state index in [4.69, 9.17) is 0 Å². The molecule has 18 heavy (non-hydrogen) atoms. The highest BCUT2D eigenvalue weighted by Gasteiger charge is 2.23. The summed E-state index contributed by atoms with van der Waals surface area (Å²) >= 11 is 0. The molecule has 0 aromatic heterocycles. The molecule has 0 saturated carbocycles. The maximum Gasteiger partial charge on any atom is 0.123 e. The maximum atomic E-state index is 13.3. The normalized spacial score (nSPS) is 18.5. The van der Waals surface area contributed by atoms with Crippen molar-refractivity contribution >= 4 is 0 Å². The van der Waals surface area contributed by atoms with Crippen molar-refractivity contribution in [2.75, 3.05) is 26.2 Å². The Morgan fingerprint density at radius 1 is 1.44 bits per heavy atom. The monoisotopic (exact) mass is 250 g/mol. The van der Waals surface area contributed by atoms with Crippen molar-refractivity contribution in [1.82, 2.24) is 10.2 Å². The van der Waals surface area contributed by atoms with Gasteiger partial charge in [-0.2, -0.15) is 0 Å². The quantitative estimate of drug-likeness (QED) is 0.803. The Bertz CT molecular complexity index is 416. The Morgan fingerprint density at radius 2 is 2.17 bits per heavy atom. The minimum Gasteiger partial charge on any atom is -0.508 e. The third-order valence-corrected chi connectivity index (χ3v) is 3.33. The van der Waals surface area contributed by atoms with Crippen LogP contribution in [0.2, 0.25) is 0 Å². The second-order valence-corrected chi connectivity index (χ2v) is 4.53. The lowest BCUT2D eigenvalue weighted by molar-refractivity contribution is 0.171. The number of piperazine rings is 1. The summed E-state index contributed by atoms with van der Waals surface area (Å²) in [7, 11) is 0. The van der Waals surface area contributed by atoms with Gasteiger partial charge in [-0.25, -0.2) is 4.39 Å². The average Bonchev–Trinajstić information content (AvgIpc) is 2.40. The first-order chi connectivity index (χ1) is 8.72. The number of nitrogens with zero attached hydrogens (tertiary/aromatic N) is 1. The predicted molar refractivity (Wildman–Crippen MR) is 70.1 cm³/mol. The van der Waals surface area contributed by atoms with Crippen LogP contribution in [-0.4, -0.2) is 36.2 Å². The van der Waals surface area contributed by atoms with Crippen LogP contribution in [0.15, 0.2) is 30.9 Å². The molecule has 0 spiro atoms.